The van der Waals surface area contributed by atoms with Crippen LogP contribution in [0.3, 0.4) is 0 Å². The van der Waals surface area contributed by atoms with Crippen LogP contribution in [0.5, 0.6) is 5.75 Å². The van der Waals surface area contributed by atoms with Crippen molar-refractivity contribution in [2.24, 2.45) is 0 Å². The molecule has 106 valence electrons. The van der Waals surface area contributed by atoms with E-state index in [0.29, 0.717) is 12.0 Å². The molecule has 0 bridgehead atoms. The number of rotatable bonds is 5. The molecule has 0 amide bonds. The highest BCUT2D eigenvalue weighted by Crippen LogP contribution is 2.38. The highest BCUT2D eigenvalue weighted by molar-refractivity contribution is 5.32. The molecule has 1 aromatic heterocycles. The van der Waals surface area contributed by atoms with Crippen LogP contribution < -0.4 is 10.1 Å². The predicted octanol–water partition coefficient (Wildman–Crippen LogP) is 3.89. The average molecular weight is 271 g/mol. The molecule has 0 unspecified atom stereocenters. The summed E-state index contributed by atoms with van der Waals surface area (Å²) in [7, 11) is 1.72. The van der Waals surface area contributed by atoms with Gasteiger partial charge in [-0.1, -0.05) is 12.1 Å². The smallest absolute Gasteiger partial charge is 0.120 e. The van der Waals surface area contributed by atoms with Gasteiger partial charge in [0.05, 0.1) is 19.4 Å². The van der Waals surface area contributed by atoms with Gasteiger partial charge in [-0.2, -0.15) is 0 Å². The summed E-state index contributed by atoms with van der Waals surface area (Å²) < 4.78 is 10.7. The van der Waals surface area contributed by atoms with Crippen LogP contribution in [0, 0.1) is 0 Å². The van der Waals surface area contributed by atoms with Gasteiger partial charge in [0.2, 0.25) is 0 Å². The van der Waals surface area contributed by atoms with Crippen LogP contribution >= 0.6 is 0 Å². The normalized spacial score (nSPS) is 23.1. The van der Waals surface area contributed by atoms with Gasteiger partial charge in [-0.05, 0) is 55.5 Å². The van der Waals surface area contributed by atoms with Crippen LogP contribution in [-0.4, -0.2) is 13.2 Å². The molecule has 1 N–H and O–H groups in total. The standard InChI is InChI=1S/C17H21NO2/c1-12(17-7-4-8-20-17)18-15-9-14(10-15)13-5-3-6-16(11-13)19-2/h3-8,11-12,14-15,18H,9-10H2,1-2H3/t12-,14?,15?/m0/s1. The van der Waals surface area contributed by atoms with Crippen LogP contribution in [0.25, 0.3) is 0 Å². The number of nitrogens with one attached hydrogen (secondary N) is 1. The van der Waals surface area contributed by atoms with Gasteiger partial charge in [0.25, 0.3) is 0 Å². The molecule has 0 saturated heterocycles. The van der Waals surface area contributed by atoms with Gasteiger partial charge in [0.15, 0.2) is 0 Å². The second kappa shape index (κ2) is 5.71. The Labute approximate surface area is 119 Å². The minimum absolute atomic E-state index is 0.279. The first-order chi connectivity index (χ1) is 9.76. The van der Waals surface area contributed by atoms with Gasteiger partial charge in [-0.25, -0.2) is 0 Å². The fourth-order valence-electron chi connectivity index (χ4n) is 2.89. The van der Waals surface area contributed by atoms with Gasteiger partial charge < -0.3 is 14.5 Å². The Hall–Kier alpha value is -1.74. The van der Waals surface area contributed by atoms with E-state index in [-0.39, 0.29) is 6.04 Å². The number of ether oxygens (including phenoxy) is 1. The van der Waals surface area contributed by atoms with E-state index in [9.17, 15) is 0 Å². The third-order valence-corrected chi connectivity index (χ3v) is 4.16. The van der Waals surface area contributed by atoms with Crippen molar-refractivity contribution in [2.75, 3.05) is 7.11 Å². The largest absolute Gasteiger partial charge is 0.497 e. The Kier molecular flexibility index (Phi) is 3.79. The number of hydrogen-bond acceptors (Lipinski definition) is 3. The van der Waals surface area contributed by atoms with Crippen molar-refractivity contribution < 1.29 is 9.15 Å². The van der Waals surface area contributed by atoms with Gasteiger partial charge in [-0.3, -0.25) is 0 Å². The van der Waals surface area contributed by atoms with Crippen LogP contribution in [0.4, 0.5) is 0 Å². The van der Waals surface area contributed by atoms with Crippen LogP contribution in [-0.2, 0) is 0 Å². The van der Waals surface area contributed by atoms with Crippen molar-refractivity contribution in [2.45, 2.75) is 37.8 Å². The minimum Gasteiger partial charge on any atom is -0.497 e. The first-order valence-electron chi connectivity index (χ1n) is 7.19. The molecule has 1 fully saturated rings. The van der Waals surface area contributed by atoms with Crippen molar-refractivity contribution in [1.29, 1.82) is 0 Å². The van der Waals surface area contributed by atoms with E-state index in [0.717, 1.165) is 11.5 Å². The summed E-state index contributed by atoms with van der Waals surface area (Å²) in [6.07, 6.45) is 4.09. The first-order valence-corrected chi connectivity index (χ1v) is 7.19. The molecule has 0 spiro atoms. The molecular weight excluding hydrogens is 250 g/mol. The van der Waals surface area contributed by atoms with E-state index in [1.165, 1.54) is 18.4 Å². The van der Waals surface area contributed by atoms with Crippen molar-refractivity contribution >= 4 is 0 Å². The average Bonchev–Trinajstić information content (AvgIpc) is 2.96. The second-order valence-corrected chi connectivity index (χ2v) is 5.55. The van der Waals surface area contributed by atoms with E-state index in [1.54, 1.807) is 13.4 Å². The fraction of sp³-hybridized carbons (Fsp3) is 0.412. The van der Waals surface area contributed by atoms with E-state index in [4.69, 9.17) is 9.15 Å². The maximum absolute atomic E-state index is 5.43. The molecule has 0 radical (unpaired) electrons. The Balaban J connectivity index is 1.53. The molecule has 3 rings (SSSR count). The molecule has 1 heterocycles. The summed E-state index contributed by atoms with van der Waals surface area (Å²) in [4.78, 5) is 0. The SMILES string of the molecule is COc1cccc(C2CC(N[C@@H](C)c3ccco3)C2)c1. The summed E-state index contributed by atoms with van der Waals surface area (Å²) in [5.74, 6) is 2.60. The van der Waals surface area contributed by atoms with E-state index in [2.05, 4.69) is 30.4 Å². The Morgan fingerprint density at radius 2 is 2.10 bits per heavy atom. The summed E-state index contributed by atoms with van der Waals surface area (Å²) in [6, 6.07) is 13.2. The molecule has 1 aliphatic carbocycles. The topological polar surface area (TPSA) is 34.4 Å². The zero-order valence-electron chi connectivity index (χ0n) is 12.0. The number of furan rings is 1. The van der Waals surface area contributed by atoms with Crippen LogP contribution in [0.2, 0.25) is 0 Å². The number of benzene rings is 1. The van der Waals surface area contributed by atoms with Crippen LogP contribution in [0.15, 0.2) is 47.1 Å². The van der Waals surface area contributed by atoms with Crippen LogP contribution in [0.1, 0.15) is 43.0 Å². The van der Waals surface area contributed by atoms with Crippen molar-refractivity contribution in [3.05, 3.63) is 54.0 Å². The van der Waals surface area contributed by atoms with Gasteiger partial charge in [0.1, 0.15) is 11.5 Å². The Morgan fingerprint density at radius 3 is 2.80 bits per heavy atom. The van der Waals surface area contributed by atoms with E-state index >= 15 is 0 Å². The molecule has 1 aliphatic rings. The minimum atomic E-state index is 0.279. The Morgan fingerprint density at radius 1 is 1.25 bits per heavy atom. The molecule has 1 saturated carbocycles. The molecule has 1 aromatic carbocycles. The summed E-state index contributed by atoms with van der Waals surface area (Å²) in [5.41, 5.74) is 1.38. The van der Waals surface area contributed by atoms with Crippen molar-refractivity contribution in [3.8, 4) is 5.75 Å². The number of methoxy groups -OCH3 is 1. The van der Waals surface area contributed by atoms with E-state index in [1.807, 2.05) is 18.2 Å². The molecular formula is C17H21NO2. The molecule has 3 heteroatoms. The lowest BCUT2D eigenvalue weighted by Gasteiger charge is -2.38. The van der Waals surface area contributed by atoms with E-state index < -0.39 is 0 Å². The zero-order chi connectivity index (χ0) is 13.9. The first kappa shape index (κ1) is 13.3. The maximum Gasteiger partial charge on any atom is 0.120 e. The quantitative estimate of drug-likeness (QED) is 0.896. The zero-order valence-corrected chi connectivity index (χ0v) is 12.0. The third kappa shape index (κ3) is 2.73. The van der Waals surface area contributed by atoms with Crippen molar-refractivity contribution in [3.63, 3.8) is 0 Å². The lowest BCUT2D eigenvalue weighted by molar-refractivity contribution is 0.258. The van der Waals surface area contributed by atoms with Gasteiger partial charge >= 0.3 is 0 Å². The fourth-order valence-corrected chi connectivity index (χ4v) is 2.89. The molecule has 20 heavy (non-hydrogen) atoms. The van der Waals surface area contributed by atoms with Crippen molar-refractivity contribution in [1.82, 2.24) is 5.32 Å². The summed E-state index contributed by atoms with van der Waals surface area (Å²) in [5, 5.41) is 3.62. The third-order valence-electron chi connectivity index (χ3n) is 4.16. The maximum atomic E-state index is 5.43. The number of hydrogen-bond donors (Lipinski definition) is 1. The molecule has 0 aliphatic heterocycles. The predicted molar refractivity (Wildman–Crippen MR) is 79.0 cm³/mol. The molecule has 2 aromatic rings. The lowest BCUT2D eigenvalue weighted by atomic mass is 9.75. The Bertz CT molecular complexity index is 544. The lowest BCUT2D eigenvalue weighted by Crippen LogP contribution is -2.41. The molecule has 1 atom stereocenters. The monoisotopic (exact) mass is 271 g/mol. The summed E-state index contributed by atoms with van der Waals surface area (Å²) >= 11 is 0. The highest BCUT2D eigenvalue weighted by Gasteiger charge is 2.31. The van der Waals surface area contributed by atoms with Gasteiger partial charge in [-0.15, -0.1) is 0 Å². The second-order valence-electron chi connectivity index (χ2n) is 5.55. The highest BCUT2D eigenvalue weighted by atomic mass is 16.5. The molecule has 3 nitrogen and oxygen atoms in total. The summed E-state index contributed by atoms with van der Waals surface area (Å²) in [6.45, 7) is 2.15. The van der Waals surface area contributed by atoms with Gasteiger partial charge in [0, 0.05) is 6.04 Å².